The molecule has 2 heteroatoms. The number of hydrogen-bond acceptors (Lipinski definition) is 2. The van der Waals surface area contributed by atoms with Gasteiger partial charge in [-0.3, -0.25) is 4.98 Å². The van der Waals surface area contributed by atoms with Crippen LogP contribution in [0.4, 0.5) is 0 Å². The van der Waals surface area contributed by atoms with Crippen molar-refractivity contribution < 1.29 is 0 Å². The van der Waals surface area contributed by atoms with Crippen LogP contribution in [0.25, 0.3) is 0 Å². The predicted octanol–water partition coefficient (Wildman–Crippen LogP) is 3.50. The Hall–Kier alpha value is -1.67. The highest BCUT2D eigenvalue weighted by Gasteiger charge is 2.07. The number of nitrogens with one attached hydrogen (secondary N) is 1. The standard InChI is InChI=1S/C17H22N2/c1-3-17(11-15-7-5-4-6-8-15)19-13-16-9-10-18-12-14(16)2/h4-10,12,17,19H,3,11,13H2,1-2H3. The van der Waals surface area contributed by atoms with Crippen LogP contribution in [0.1, 0.15) is 30.0 Å². The van der Waals surface area contributed by atoms with Gasteiger partial charge in [0.2, 0.25) is 0 Å². The van der Waals surface area contributed by atoms with E-state index in [4.69, 9.17) is 0 Å². The van der Waals surface area contributed by atoms with E-state index in [1.807, 2.05) is 12.4 Å². The third-order valence-electron chi connectivity index (χ3n) is 3.54. The zero-order chi connectivity index (χ0) is 13.5. The molecule has 1 N–H and O–H groups in total. The maximum Gasteiger partial charge on any atom is 0.0300 e. The second-order valence-corrected chi connectivity index (χ2v) is 4.98. The first-order valence-corrected chi connectivity index (χ1v) is 6.96. The second-order valence-electron chi connectivity index (χ2n) is 4.98. The van der Waals surface area contributed by atoms with Crippen LogP contribution >= 0.6 is 0 Å². The summed E-state index contributed by atoms with van der Waals surface area (Å²) in [6, 6.07) is 13.3. The van der Waals surface area contributed by atoms with E-state index < -0.39 is 0 Å². The van der Waals surface area contributed by atoms with E-state index >= 15 is 0 Å². The molecule has 0 spiro atoms. The molecule has 2 aromatic rings. The molecule has 2 nitrogen and oxygen atoms in total. The topological polar surface area (TPSA) is 24.9 Å². The van der Waals surface area contributed by atoms with Gasteiger partial charge in [-0.15, -0.1) is 0 Å². The number of hydrogen-bond donors (Lipinski definition) is 1. The molecule has 0 bridgehead atoms. The van der Waals surface area contributed by atoms with Gasteiger partial charge in [0, 0.05) is 25.0 Å². The number of benzene rings is 1. The lowest BCUT2D eigenvalue weighted by Crippen LogP contribution is -2.30. The third kappa shape index (κ3) is 4.18. The van der Waals surface area contributed by atoms with Gasteiger partial charge in [-0.05, 0) is 42.5 Å². The number of pyridine rings is 1. The highest BCUT2D eigenvalue weighted by molar-refractivity contribution is 5.21. The van der Waals surface area contributed by atoms with E-state index in [-0.39, 0.29) is 0 Å². The van der Waals surface area contributed by atoms with Gasteiger partial charge in [0.25, 0.3) is 0 Å². The van der Waals surface area contributed by atoms with Crippen LogP contribution in [0.3, 0.4) is 0 Å². The normalized spacial score (nSPS) is 12.3. The Balaban J connectivity index is 1.91. The average Bonchev–Trinajstić information content (AvgIpc) is 2.46. The summed E-state index contributed by atoms with van der Waals surface area (Å²) in [5.41, 5.74) is 3.99. The van der Waals surface area contributed by atoms with Gasteiger partial charge >= 0.3 is 0 Å². The third-order valence-corrected chi connectivity index (χ3v) is 3.54. The molecule has 0 aliphatic carbocycles. The minimum Gasteiger partial charge on any atom is -0.310 e. The van der Waals surface area contributed by atoms with Gasteiger partial charge in [-0.2, -0.15) is 0 Å². The molecule has 0 saturated carbocycles. The summed E-state index contributed by atoms with van der Waals surface area (Å²) in [6.07, 6.45) is 6.01. The Morgan fingerprint density at radius 3 is 2.63 bits per heavy atom. The van der Waals surface area contributed by atoms with Gasteiger partial charge in [-0.25, -0.2) is 0 Å². The second kappa shape index (κ2) is 7.05. The van der Waals surface area contributed by atoms with E-state index in [2.05, 4.69) is 60.5 Å². The summed E-state index contributed by atoms with van der Waals surface area (Å²) in [6.45, 7) is 5.27. The number of nitrogens with zero attached hydrogens (tertiary/aromatic N) is 1. The Kier molecular flexibility index (Phi) is 5.10. The molecular weight excluding hydrogens is 232 g/mol. The molecule has 1 aromatic carbocycles. The van der Waals surface area contributed by atoms with Crippen molar-refractivity contribution in [3.05, 3.63) is 65.5 Å². The van der Waals surface area contributed by atoms with Crippen LogP contribution in [-0.4, -0.2) is 11.0 Å². The molecule has 0 aliphatic rings. The lowest BCUT2D eigenvalue weighted by molar-refractivity contribution is 0.493. The van der Waals surface area contributed by atoms with Crippen molar-refractivity contribution in [1.82, 2.24) is 10.3 Å². The largest absolute Gasteiger partial charge is 0.310 e. The fourth-order valence-corrected chi connectivity index (χ4v) is 2.21. The zero-order valence-electron chi connectivity index (χ0n) is 11.8. The Morgan fingerprint density at radius 2 is 1.95 bits per heavy atom. The summed E-state index contributed by atoms with van der Waals surface area (Å²) in [7, 11) is 0. The van der Waals surface area contributed by atoms with Crippen LogP contribution in [0.5, 0.6) is 0 Å². The summed E-state index contributed by atoms with van der Waals surface area (Å²) in [5, 5.41) is 3.65. The van der Waals surface area contributed by atoms with Crippen molar-refractivity contribution in [2.24, 2.45) is 0 Å². The lowest BCUT2D eigenvalue weighted by atomic mass is 10.0. The number of rotatable bonds is 6. The van der Waals surface area contributed by atoms with Crippen LogP contribution < -0.4 is 5.32 Å². The molecule has 0 radical (unpaired) electrons. The van der Waals surface area contributed by atoms with Crippen LogP contribution in [0.2, 0.25) is 0 Å². The Morgan fingerprint density at radius 1 is 1.16 bits per heavy atom. The van der Waals surface area contributed by atoms with Gasteiger partial charge in [0.1, 0.15) is 0 Å². The highest BCUT2D eigenvalue weighted by Crippen LogP contribution is 2.09. The summed E-state index contributed by atoms with van der Waals surface area (Å²) in [4.78, 5) is 4.13. The van der Waals surface area contributed by atoms with Crippen molar-refractivity contribution in [3.63, 3.8) is 0 Å². The predicted molar refractivity (Wildman–Crippen MR) is 80.0 cm³/mol. The molecule has 2 rings (SSSR count). The Labute approximate surface area is 115 Å². The molecular formula is C17H22N2. The molecule has 100 valence electrons. The molecule has 1 heterocycles. The van der Waals surface area contributed by atoms with E-state index in [1.54, 1.807) is 0 Å². The molecule has 1 unspecified atom stereocenters. The molecule has 0 amide bonds. The summed E-state index contributed by atoms with van der Waals surface area (Å²) < 4.78 is 0. The smallest absolute Gasteiger partial charge is 0.0300 e. The molecule has 0 saturated heterocycles. The number of aryl methyl sites for hydroxylation is 1. The molecule has 0 fully saturated rings. The van der Waals surface area contributed by atoms with Crippen LogP contribution in [0, 0.1) is 6.92 Å². The van der Waals surface area contributed by atoms with E-state index in [0.717, 1.165) is 19.4 Å². The van der Waals surface area contributed by atoms with Crippen molar-refractivity contribution in [3.8, 4) is 0 Å². The first kappa shape index (κ1) is 13.8. The first-order valence-electron chi connectivity index (χ1n) is 6.96. The van der Waals surface area contributed by atoms with E-state index in [9.17, 15) is 0 Å². The fraction of sp³-hybridized carbons (Fsp3) is 0.353. The minimum atomic E-state index is 0.523. The molecule has 19 heavy (non-hydrogen) atoms. The molecule has 1 atom stereocenters. The monoisotopic (exact) mass is 254 g/mol. The molecule has 0 aliphatic heterocycles. The Bertz CT molecular complexity index is 494. The highest BCUT2D eigenvalue weighted by atomic mass is 14.9. The quantitative estimate of drug-likeness (QED) is 0.853. The van der Waals surface area contributed by atoms with E-state index in [0.29, 0.717) is 6.04 Å². The van der Waals surface area contributed by atoms with E-state index in [1.165, 1.54) is 16.7 Å². The average molecular weight is 254 g/mol. The maximum atomic E-state index is 4.13. The van der Waals surface area contributed by atoms with Gasteiger partial charge in [0.05, 0.1) is 0 Å². The SMILES string of the molecule is CCC(Cc1ccccc1)NCc1ccncc1C. The summed E-state index contributed by atoms with van der Waals surface area (Å²) >= 11 is 0. The van der Waals surface area contributed by atoms with Gasteiger partial charge in [0.15, 0.2) is 0 Å². The van der Waals surface area contributed by atoms with Crippen molar-refractivity contribution in [1.29, 1.82) is 0 Å². The number of aromatic nitrogens is 1. The summed E-state index contributed by atoms with van der Waals surface area (Å²) in [5.74, 6) is 0. The van der Waals surface area contributed by atoms with Crippen LogP contribution in [0.15, 0.2) is 48.8 Å². The van der Waals surface area contributed by atoms with Crippen LogP contribution in [-0.2, 0) is 13.0 Å². The zero-order valence-corrected chi connectivity index (χ0v) is 11.8. The first-order chi connectivity index (χ1) is 9.29. The molecule has 1 aromatic heterocycles. The lowest BCUT2D eigenvalue weighted by Gasteiger charge is -2.17. The van der Waals surface area contributed by atoms with Gasteiger partial charge < -0.3 is 5.32 Å². The minimum absolute atomic E-state index is 0.523. The van der Waals surface area contributed by atoms with Gasteiger partial charge in [-0.1, -0.05) is 37.3 Å². The van der Waals surface area contributed by atoms with Crippen molar-refractivity contribution in [2.45, 2.75) is 39.3 Å². The van der Waals surface area contributed by atoms with Crippen molar-refractivity contribution >= 4 is 0 Å². The van der Waals surface area contributed by atoms with Crippen molar-refractivity contribution in [2.75, 3.05) is 0 Å². The maximum absolute atomic E-state index is 4.13. The fourth-order valence-electron chi connectivity index (χ4n) is 2.21.